The number of thiophene rings is 1. The number of hydrogen-bond donors (Lipinski definition) is 2. The van der Waals surface area contributed by atoms with Crippen LogP contribution >= 0.6 is 11.3 Å². The monoisotopic (exact) mass is 262 g/mol. The fraction of sp³-hybridized carbons (Fsp3) is 0.286. The summed E-state index contributed by atoms with van der Waals surface area (Å²) in [6, 6.07) is 5.79. The number of methoxy groups -OCH3 is 1. The van der Waals surface area contributed by atoms with Gasteiger partial charge in [0.05, 0.1) is 7.11 Å². The molecule has 2 rings (SSSR count). The van der Waals surface area contributed by atoms with Gasteiger partial charge in [-0.25, -0.2) is 0 Å². The van der Waals surface area contributed by atoms with Crippen LogP contribution < -0.4 is 15.8 Å². The number of nitrogens with one attached hydrogen (secondary N) is 1. The summed E-state index contributed by atoms with van der Waals surface area (Å²) in [7, 11) is 1.64. The van der Waals surface area contributed by atoms with Crippen LogP contribution in [0.1, 0.15) is 16.7 Å². The molecule has 1 aromatic carbocycles. The second-order valence-corrected chi connectivity index (χ2v) is 4.99. The number of anilines is 1. The molecule has 3 nitrogen and oxygen atoms in total. The van der Waals surface area contributed by atoms with Crippen LogP contribution in [0.4, 0.5) is 5.69 Å². The first-order valence-corrected chi connectivity index (χ1v) is 6.79. The first-order valence-electron chi connectivity index (χ1n) is 5.85. The first-order chi connectivity index (χ1) is 8.70. The zero-order chi connectivity index (χ0) is 13.0. The molecule has 0 aliphatic carbocycles. The van der Waals surface area contributed by atoms with Gasteiger partial charge in [0.1, 0.15) is 5.75 Å². The molecule has 0 saturated heterocycles. The summed E-state index contributed by atoms with van der Waals surface area (Å²) in [6.45, 7) is 3.78. The van der Waals surface area contributed by atoms with Gasteiger partial charge < -0.3 is 15.8 Å². The van der Waals surface area contributed by atoms with Gasteiger partial charge in [0, 0.05) is 24.8 Å². The molecule has 2 aromatic rings. The first kappa shape index (κ1) is 12.9. The Morgan fingerprint density at radius 3 is 2.61 bits per heavy atom. The smallest absolute Gasteiger partial charge is 0.120 e. The molecule has 0 amide bonds. The molecule has 0 saturated carbocycles. The standard InChI is InChI=1S/C14H18N2OS/c1-10-8-18-9-12(10)7-16-6-11-3-4-13(17-2)5-14(11)15/h3-5,8-9,16H,6-7,15H2,1-2H3. The van der Waals surface area contributed by atoms with E-state index in [1.54, 1.807) is 18.4 Å². The molecular formula is C14H18N2OS. The Morgan fingerprint density at radius 2 is 2.00 bits per heavy atom. The summed E-state index contributed by atoms with van der Waals surface area (Å²) in [5, 5.41) is 7.75. The highest BCUT2D eigenvalue weighted by atomic mass is 32.1. The summed E-state index contributed by atoms with van der Waals surface area (Å²) in [5.74, 6) is 0.796. The molecule has 18 heavy (non-hydrogen) atoms. The molecule has 1 aromatic heterocycles. The number of ether oxygens (including phenoxy) is 1. The number of nitrogen functional groups attached to an aromatic ring is 1. The normalized spacial score (nSPS) is 10.6. The predicted molar refractivity (Wildman–Crippen MR) is 77.0 cm³/mol. The summed E-state index contributed by atoms with van der Waals surface area (Å²) in [4.78, 5) is 0. The van der Waals surface area contributed by atoms with Crippen LogP contribution in [0.5, 0.6) is 5.75 Å². The van der Waals surface area contributed by atoms with Crippen molar-refractivity contribution in [3.8, 4) is 5.75 Å². The lowest BCUT2D eigenvalue weighted by Gasteiger charge is -2.09. The third-order valence-corrected chi connectivity index (χ3v) is 3.86. The third kappa shape index (κ3) is 3.03. The van der Waals surface area contributed by atoms with E-state index in [2.05, 4.69) is 23.0 Å². The van der Waals surface area contributed by atoms with Crippen molar-refractivity contribution in [2.24, 2.45) is 0 Å². The lowest BCUT2D eigenvalue weighted by molar-refractivity contribution is 0.415. The lowest BCUT2D eigenvalue weighted by atomic mass is 10.1. The lowest BCUT2D eigenvalue weighted by Crippen LogP contribution is -2.14. The molecule has 96 valence electrons. The van der Waals surface area contributed by atoms with Gasteiger partial charge in [0.2, 0.25) is 0 Å². The Labute approximate surface area is 112 Å². The minimum Gasteiger partial charge on any atom is -0.497 e. The zero-order valence-corrected chi connectivity index (χ0v) is 11.5. The molecule has 0 fully saturated rings. The maximum absolute atomic E-state index is 5.97. The van der Waals surface area contributed by atoms with Crippen LogP contribution in [0.3, 0.4) is 0 Å². The van der Waals surface area contributed by atoms with E-state index in [4.69, 9.17) is 10.5 Å². The van der Waals surface area contributed by atoms with Crippen molar-refractivity contribution in [2.75, 3.05) is 12.8 Å². The number of benzene rings is 1. The Balaban J connectivity index is 1.92. The van der Waals surface area contributed by atoms with Crippen molar-refractivity contribution in [3.63, 3.8) is 0 Å². The van der Waals surface area contributed by atoms with Gasteiger partial charge in [0.25, 0.3) is 0 Å². The molecule has 0 radical (unpaired) electrons. The van der Waals surface area contributed by atoms with E-state index in [9.17, 15) is 0 Å². The van der Waals surface area contributed by atoms with Crippen molar-refractivity contribution in [1.82, 2.24) is 5.32 Å². The molecule has 0 aliphatic heterocycles. The summed E-state index contributed by atoms with van der Waals surface area (Å²) >= 11 is 1.74. The van der Waals surface area contributed by atoms with Gasteiger partial charge in [0.15, 0.2) is 0 Å². The SMILES string of the molecule is COc1ccc(CNCc2cscc2C)c(N)c1. The Morgan fingerprint density at radius 1 is 1.22 bits per heavy atom. The number of hydrogen-bond acceptors (Lipinski definition) is 4. The van der Waals surface area contributed by atoms with Gasteiger partial charge >= 0.3 is 0 Å². The van der Waals surface area contributed by atoms with Gasteiger partial charge in [-0.15, -0.1) is 0 Å². The fourth-order valence-corrected chi connectivity index (χ4v) is 2.62. The van der Waals surface area contributed by atoms with E-state index in [1.165, 1.54) is 11.1 Å². The molecular weight excluding hydrogens is 244 g/mol. The highest BCUT2D eigenvalue weighted by Crippen LogP contribution is 2.19. The topological polar surface area (TPSA) is 47.3 Å². The van der Waals surface area contributed by atoms with Gasteiger partial charge in [-0.05, 0) is 40.4 Å². The Kier molecular flexibility index (Phi) is 4.23. The van der Waals surface area contributed by atoms with Crippen LogP contribution in [-0.2, 0) is 13.1 Å². The van der Waals surface area contributed by atoms with Crippen LogP contribution in [0, 0.1) is 6.92 Å². The number of rotatable bonds is 5. The maximum Gasteiger partial charge on any atom is 0.120 e. The van der Waals surface area contributed by atoms with Crippen LogP contribution in [0.25, 0.3) is 0 Å². The average Bonchev–Trinajstić information content (AvgIpc) is 2.77. The van der Waals surface area contributed by atoms with E-state index < -0.39 is 0 Å². The van der Waals surface area contributed by atoms with Gasteiger partial charge in [-0.1, -0.05) is 6.07 Å². The number of aryl methyl sites for hydroxylation is 1. The minimum atomic E-state index is 0.767. The molecule has 4 heteroatoms. The minimum absolute atomic E-state index is 0.767. The van der Waals surface area contributed by atoms with Crippen molar-refractivity contribution in [1.29, 1.82) is 0 Å². The van der Waals surface area contributed by atoms with Gasteiger partial charge in [-0.3, -0.25) is 0 Å². The fourth-order valence-electron chi connectivity index (χ4n) is 1.76. The van der Waals surface area contributed by atoms with Crippen molar-refractivity contribution < 1.29 is 4.74 Å². The summed E-state index contributed by atoms with van der Waals surface area (Å²) in [5.41, 5.74) is 10.5. The molecule has 0 atom stereocenters. The third-order valence-electron chi connectivity index (χ3n) is 2.95. The molecule has 3 N–H and O–H groups in total. The van der Waals surface area contributed by atoms with Crippen LogP contribution in [-0.4, -0.2) is 7.11 Å². The molecule has 0 aliphatic rings. The van der Waals surface area contributed by atoms with Crippen molar-refractivity contribution >= 4 is 17.0 Å². The summed E-state index contributed by atoms with van der Waals surface area (Å²) in [6.07, 6.45) is 0. The summed E-state index contributed by atoms with van der Waals surface area (Å²) < 4.78 is 5.13. The van der Waals surface area contributed by atoms with E-state index in [0.29, 0.717) is 0 Å². The highest BCUT2D eigenvalue weighted by molar-refractivity contribution is 7.08. The predicted octanol–water partition coefficient (Wildman–Crippen LogP) is 2.94. The number of nitrogens with two attached hydrogens (primary N) is 1. The van der Waals surface area contributed by atoms with Crippen LogP contribution in [0.15, 0.2) is 29.0 Å². The van der Waals surface area contributed by atoms with E-state index in [0.717, 1.165) is 30.1 Å². The van der Waals surface area contributed by atoms with E-state index in [1.807, 2.05) is 18.2 Å². The molecule has 1 heterocycles. The van der Waals surface area contributed by atoms with Crippen molar-refractivity contribution in [3.05, 3.63) is 45.6 Å². The second-order valence-electron chi connectivity index (χ2n) is 4.25. The quantitative estimate of drug-likeness (QED) is 0.814. The molecule has 0 unspecified atom stereocenters. The maximum atomic E-state index is 5.97. The average molecular weight is 262 g/mol. The van der Waals surface area contributed by atoms with Gasteiger partial charge in [-0.2, -0.15) is 11.3 Å². The second kappa shape index (κ2) is 5.89. The Bertz CT molecular complexity index is 522. The van der Waals surface area contributed by atoms with E-state index >= 15 is 0 Å². The van der Waals surface area contributed by atoms with Crippen molar-refractivity contribution in [2.45, 2.75) is 20.0 Å². The molecule has 0 bridgehead atoms. The Hall–Kier alpha value is -1.52. The molecule has 0 spiro atoms. The zero-order valence-electron chi connectivity index (χ0n) is 10.7. The largest absolute Gasteiger partial charge is 0.497 e. The van der Waals surface area contributed by atoms with E-state index in [-0.39, 0.29) is 0 Å². The van der Waals surface area contributed by atoms with Crippen LogP contribution in [0.2, 0.25) is 0 Å². The highest BCUT2D eigenvalue weighted by Gasteiger charge is 2.02.